The predicted octanol–water partition coefficient (Wildman–Crippen LogP) is 1.28. The first-order valence-electron chi connectivity index (χ1n) is 6.87. The second-order valence-electron chi connectivity index (χ2n) is 5.27. The van der Waals surface area contributed by atoms with E-state index in [0.29, 0.717) is 19.1 Å². The van der Waals surface area contributed by atoms with Crippen LogP contribution in [0.1, 0.15) is 17.5 Å². The van der Waals surface area contributed by atoms with Crippen LogP contribution in [0, 0.1) is 5.92 Å². The van der Waals surface area contributed by atoms with Crippen molar-refractivity contribution < 1.29 is 14.3 Å². The molecule has 4 heteroatoms. The van der Waals surface area contributed by atoms with E-state index in [4.69, 9.17) is 9.47 Å². The maximum atomic E-state index is 12.0. The summed E-state index contributed by atoms with van der Waals surface area (Å²) < 4.78 is 10.7. The number of carbonyl (C=O) groups excluding carboxylic acids is 1. The van der Waals surface area contributed by atoms with Gasteiger partial charge in [-0.1, -0.05) is 24.3 Å². The quantitative estimate of drug-likeness (QED) is 0.833. The summed E-state index contributed by atoms with van der Waals surface area (Å²) >= 11 is 0. The van der Waals surface area contributed by atoms with Crippen LogP contribution in [0.3, 0.4) is 0 Å². The summed E-state index contributed by atoms with van der Waals surface area (Å²) in [6.07, 6.45) is 1.71. The Bertz CT molecular complexity index is 454. The van der Waals surface area contributed by atoms with Gasteiger partial charge in [-0.25, -0.2) is 0 Å². The van der Waals surface area contributed by atoms with Gasteiger partial charge in [0, 0.05) is 19.1 Å². The van der Waals surface area contributed by atoms with Gasteiger partial charge in [0.15, 0.2) is 0 Å². The summed E-state index contributed by atoms with van der Waals surface area (Å²) in [5.41, 5.74) is 2.52. The number of carbonyl (C=O) groups is 1. The summed E-state index contributed by atoms with van der Waals surface area (Å²) in [4.78, 5) is 12.0. The van der Waals surface area contributed by atoms with E-state index >= 15 is 0 Å². The Morgan fingerprint density at radius 1 is 1.37 bits per heavy atom. The lowest BCUT2D eigenvalue weighted by atomic mass is 9.96. The van der Waals surface area contributed by atoms with Gasteiger partial charge in [0.2, 0.25) is 0 Å². The molecule has 2 aliphatic rings. The average molecular weight is 261 g/mol. The van der Waals surface area contributed by atoms with Gasteiger partial charge in [-0.05, 0) is 24.0 Å². The first kappa shape index (κ1) is 12.6. The molecule has 1 fully saturated rings. The van der Waals surface area contributed by atoms with Gasteiger partial charge in [-0.15, -0.1) is 0 Å². The highest BCUT2D eigenvalue weighted by molar-refractivity contribution is 5.76. The fourth-order valence-corrected chi connectivity index (χ4v) is 2.64. The molecule has 2 atom stereocenters. The number of hydrogen-bond acceptors (Lipinski definition) is 4. The normalized spacial score (nSPS) is 25.9. The minimum absolute atomic E-state index is 0.138. The van der Waals surface area contributed by atoms with Gasteiger partial charge in [-0.3, -0.25) is 4.79 Å². The summed E-state index contributed by atoms with van der Waals surface area (Å²) in [5, 5.41) is 3.24. The maximum Gasteiger partial charge on any atom is 0.323 e. The number of esters is 1. The summed E-state index contributed by atoms with van der Waals surface area (Å²) in [6.45, 7) is 2.73. The van der Waals surface area contributed by atoms with E-state index in [1.54, 1.807) is 0 Å². The molecule has 1 N–H and O–H groups in total. The van der Waals surface area contributed by atoms with E-state index in [0.717, 1.165) is 26.0 Å². The molecule has 2 heterocycles. The molecule has 1 aromatic carbocycles. The molecule has 4 nitrogen and oxygen atoms in total. The standard InChI is InChI=1S/C15H19NO3/c17-15(19-10-11-5-6-18-9-11)14-7-12-3-1-2-4-13(12)8-16-14/h1-4,11,14,16H,5-10H2/t11?,14-/m0/s1. The minimum atomic E-state index is -0.211. The van der Waals surface area contributed by atoms with Crippen LogP contribution < -0.4 is 5.32 Å². The summed E-state index contributed by atoms with van der Waals surface area (Å²) in [6, 6.07) is 8.01. The third-order valence-corrected chi connectivity index (χ3v) is 3.85. The van der Waals surface area contributed by atoms with E-state index in [-0.39, 0.29) is 12.0 Å². The van der Waals surface area contributed by atoms with Crippen molar-refractivity contribution in [2.24, 2.45) is 5.92 Å². The van der Waals surface area contributed by atoms with Crippen LogP contribution in [0.2, 0.25) is 0 Å². The number of fused-ring (bicyclic) bond motifs is 1. The van der Waals surface area contributed by atoms with Gasteiger partial charge < -0.3 is 14.8 Å². The molecule has 1 unspecified atom stereocenters. The molecule has 19 heavy (non-hydrogen) atoms. The zero-order valence-corrected chi connectivity index (χ0v) is 10.9. The Kier molecular flexibility index (Phi) is 3.80. The zero-order chi connectivity index (χ0) is 13.1. The van der Waals surface area contributed by atoms with Gasteiger partial charge in [0.1, 0.15) is 6.04 Å². The number of rotatable bonds is 3. The fraction of sp³-hybridized carbons (Fsp3) is 0.533. The maximum absolute atomic E-state index is 12.0. The van der Waals surface area contributed by atoms with Crippen LogP contribution in [0.4, 0.5) is 0 Å². The van der Waals surface area contributed by atoms with E-state index in [9.17, 15) is 4.79 Å². The van der Waals surface area contributed by atoms with Crippen molar-refractivity contribution >= 4 is 5.97 Å². The van der Waals surface area contributed by atoms with E-state index in [1.807, 2.05) is 12.1 Å². The lowest BCUT2D eigenvalue weighted by Gasteiger charge is -2.25. The molecular formula is C15H19NO3. The highest BCUT2D eigenvalue weighted by atomic mass is 16.5. The zero-order valence-electron chi connectivity index (χ0n) is 10.9. The monoisotopic (exact) mass is 261 g/mol. The van der Waals surface area contributed by atoms with Crippen molar-refractivity contribution in [2.75, 3.05) is 19.8 Å². The Hall–Kier alpha value is -1.39. The molecule has 102 valence electrons. The Labute approximate surface area is 113 Å². The van der Waals surface area contributed by atoms with E-state index in [2.05, 4.69) is 17.4 Å². The third-order valence-electron chi connectivity index (χ3n) is 3.85. The molecule has 0 saturated carbocycles. The van der Waals surface area contributed by atoms with Crippen molar-refractivity contribution in [2.45, 2.75) is 25.4 Å². The molecule has 1 aromatic rings. The SMILES string of the molecule is O=C(OCC1CCOC1)[C@@H]1Cc2ccccc2CN1. The molecule has 1 saturated heterocycles. The van der Waals surface area contributed by atoms with Crippen LogP contribution >= 0.6 is 0 Å². The van der Waals surface area contributed by atoms with Crippen molar-refractivity contribution in [1.82, 2.24) is 5.32 Å². The van der Waals surface area contributed by atoms with Crippen molar-refractivity contribution in [3.63, 3.8) is 0 Å². The van der Waals surface area contributed by atoms with E-state index < -0.39 is 0 Å². The molecule has 0 amide bonds. The summed E-state index contributed by atoms with van der Waals surface area (Å²) in [5.74, 6) is 0.237. The second-order valence-corrected chi connectivity index (χ2v) is 5.27. The van der Waals surface area contributed by atoms with Gasteiger partial charge in [0.25, 0.3) is 0 Å². The van der Waals surface area contributed by atoms with Crippen LogP contribution in [0.25, 0.3) is 0 Å². The third kappa shape index (κ3) is 2.96. The van der Waals surface area contributed by atoms with Crippen LogP contribution in [0.15, 0.2) is 24.3 Å². The molecule has 2 aliphatic heterocycles. The smallest absolute Gasteiger partial charge is 0.323 e. The predicted molar refractivity (Wildman–Crippen MR) is 70.7 cm³/mol. The molecule has 0 bridgehead atoms. The molecule has 0 spiro atoms. The van der Waals surface area contributed by atoms with Gasteiger partial charge in [0.05, 0.1) is 13.2 Å². The number of benzene rings is 1. The lowest BCUT2D eigenvalue weighted by Crippen LogP contribution is -2.43. The Morgan fingerprint density at radius 3 is 3.00 bits per heavy atom. The summed E-state index contributed by atoms with van der Waals surface area (Å²) in [7, 11) is 0. The highest BCUT2D eigenvalue weighted by Gasteiger charge is 2.26. The largest absolute Gasteiger partial charge is 0.464 e. The fourth-order valence-electron chi connectivity index (χ4n) is 2.64. The van der Waals surface area contributed by atoms with Crippen molar-refractivity contribution in [1.29, 1.82) is 0 Å². The average Bonchev–Trinajstić information content (AvgIpc) is 2.97. The highest BCUT2D eigenvalue weighted by Crippen LogP contribution is 2.18. The van der Waals surface area contributed by atoms with Crippen molar-refractivity contribution in [3.05, 3.63) is 35.4 Å². The molecule has 3 rings (SSSR count). The number of ether oxygens (including phenoxy) is 2. The second kappa shape index (κ2) is 5.72. The first-order chi connectivity index (χ1) is 9.33. The van der Waals surface area contributed by atoms with Crippen LogP contribution in [-0.4, -0.2) is 31.8 Å². The molecular weight excluding hydrogens is 242 g/mol. The number of nitrogens with one attached hydrogen (secondary N) is 1. The number of hydrogen-bond donors (Lipinski definition) is 1. The van der Waals surface area contributed by atoms with Crippen LogP contribution in [0.5, 0.6) is 0 Å². The minimum Gasteiger partial charge on any atom is -0.464 e. The molecule has 0 aliphatic carbocycles. The van der Waals surface area contributed by atoms with Gasteiger partial charge in [-0.2, -0.15) is 0 Å². The Balaban J connectivity index is 1.54. The van der Waals surface area contributed by atoms with E-state index in [1.165, 1.54) is 11.1 Å². The molecule has 0 aromatic heterocycles. The topological polar surface area (TPSA) is 47.6 Å². The Morgan fingerprint density at radius 2 is 2.21 bits per heavy atom. The van der Waals surface area contributed by atoms with Gasteiger partial charge >= 0.3 is 5.97 Å². The first-order valence-corrected chi connectivity index (χ1v) is 6.87. The lowest BCUT2D eigenvalue weighted by molar-refractivity contribution is -0.147. The molecule has 0 radical (unpaired) electrons. The van der Waals surface area contributed by atoms with Crippen molar-refractivity contribution in [3.8, 4) is 0 Å². The van der Waals surface area contributed by atoms with Crippen LogP contribution in [-0.2, 0) is 27.2 Å².